The number of amides is 1. The second kappa shape index (κ2) is 6.55. The minimum Gasteiger partial charge on any atom is -0.498 e. The van der Waals surface area contributed by atoms with Gasteiger partial charge in [-0.05, 0) is 17.7 Å². The number of ether oxygens (including phenoxy) is 2. The Balaban J connectivity index is 1.73. The number of benzene rings is 1. The third-order valence-electron chi connectivity index (χ3n) is 3.72. The van der Waals surface area contributed by atoms with Crippen molar-refractivity contribution in [3.05, 3.63) is 51.4 Å². The van der Waals surface area contributed by atoms with Crippen LogP contribution in [-0.4, -0.2) is 45.7 Å². The monoisotopic (exact) mass is 364 g/mol. The zero-order valence-electron chi connectivity index (χ0n) is 13.0. The molecule has 0 saturated carbocycles. The number of nitro groups is 1. The molecule has 1 aromatic rings. The summed E-state index contributed by atoms with van der Waals surface area (Å²) in [6.07, 6.45) is 0. The number of nitrogens with zero attached hydrogens (tertiary/aromatic N) is 2. The number of carbonyl (C=O) groups is 3. The Morgan fingerprint density at radius 2 is 2.04 bits per heavy atom. The predicted molar refractivity (Wildman–Crippen MR) is 85.0 cm³/mol. The highest BCUT2D eigenvalue weighted by atomic mass is 32.2. The molecular formula is C15H12N2O7S. The van der Waals surface area contributed by atoms with Gasteiger partial charge in [-0.1, -0.05) is 0 Å². The highest BCUT2D eigenvalue weighted by Gasteiger charge is 2.53. The molecule has 1 atom stereocenters. The number of thioether (sulfide) groups is 1. The van der Waals surface area contributed by atoms with Gasteiger partial charge in [-0.15, -0.1) is 11.8 Å². The fourth-order valence-electron chi connectivity index (χ4n) is 2.41. The molecular weight excluding hydrogens is 352 g/mol. The molecule has 9 nitrogen and oxygen atoms in total. The number of ketones is 1. The first-order valence-corrected chi connectivity index (χ1v) is 8.15. The number of carbonyl (C=O) groups excluding carboxylic acids is 3. The van der Waals surface area contributed by atoms with Gasteiger partial charge in [0.2, 0.25) is 0 Å². The van der Waals surface area contributed by atoms with Gasteiger partial charge in [0, 0.05) is 12.1 Å². The van der Waals surface area contributed by atoms with Crippen molar-refractivity contribution in [1.29, 1.82) is 0 Å². The lowest BCUT2D eigenvalue weighted by Crippen LogP contribution is -2.62. The van der Waals surface area contributed by atoms with Crippen LogP contribution in [0.25, 0.3) is 0 Å². The van der Waals surface area contributed by atoms with E-state index in [9.17, 15) is 24.5 Å². The SMILES string of the molecule is COC1=C(C(=O)OCc2ccc([N+](=O)[O-])cc2)N2C(=O)C(=O)C2SC1. The van der Waals surface area contributed by atoms with Crippen LogP contribution in [0.5, 0.6) is 0 Å². The van der Waals surface area contributed by atoms with Crippen LogP contribution >= 0.6 is 11.8 Å². The lowest BCUT2D eigenvalue weighted by Gasteiger charge is -2.41. The highest BCUT2D eigenvalue weighted by Crippen LogP contribution is 2.38. The summed E-state index contributed by atoms with van der Waals surface area (Å²) in [6.45, 7) is -0.134. The van der Waals surface area contributed by atoms with E-state index in [0.717, 1.165) is 4.90 Å². The molecule has 0 N–H and O–H groups in total. The van der Waals surface area contributed by atoms with Crippen molar-refractivity contribution in [1.82, 2.24) is 4.90 Å². The van der Waals surface area contributed by atoms with Gasteiger partial charge in [0.15, 0.2) is 11.1 Å². The van der Waals surface area contributed by atoms with Crippen LogP contribution in [0.3, 0.4) is 0 Å². The molecule has 130 valence electrons. The molecule has 0 aliphatic carbocycles. The van der Waals surface area contributed by atoms with E-state index in [1.807, 2.05) is 0 Å². The maximum Gasteiger partial charge on any atom is 0.359 e. The van der Waals surface area contributed by atoms with Gasteiger partial charge in [-0.3, -0.25) is 24.6 Å². The number of hydrogen-bond acceptors (Lipinski definition) is 8. The number of non-ortho nitro benzene ring substituents is 1. The van der Waals surface area contributed by atoms with Crippen molar-refractivity contribution in [3.8, 4) is 0 Å². The predicted octanol–water partition coefficient (Wildman–Crippen LogP) is 0.980. The normalized spacial score (nSPS) is 19.2. The number of nitro benzene ring substituents is 1. The summed E-state index contributed by atoms with van der Waals surface area (Å²) in [5.41, 5.74) is 0.403. The fourth-order valence-corrected chi connectivity index (χ4v) is 3.57. The van der Waals surface area contributed by atoms with Crippen LogP contribution in [-0.2, 0) is 30.5 Å². The number of methoxy groups -OCH3 is 1. The topological polar surface area (TPSA) is 116 Å². The molecule has 10 heteroatoms. The van der Waals surface area contributed by atoms with Crippen molar-refractivity contribution >= 4 is 35.1 Å². The summed E-state index contributed by atoms with van der Waals surface area (Å²) in [5, 5.41) is 9.90. The van der Waals surface area contributed by atoms with E-state index in [-0.39, 0.29) is 29.5 Å². The summed E-state index contributed by atoms with van der Waals surface area (Å²) < 4.78 is 10.3. The van der Waals surface area contributed by atoms with Crippen LogP contribution in [0.1, 0.15) is 5.56 Å². The number of hydrogen-bond donors (Lipinski definition) is 0. The summed E-state index contributed by atoms with van der Waals surface area (Å²) in [7, 11) is 1.37. The van der Waals surface area contributed by atoms with Crippen LogP contribution in [0.4, 0.5) is 5.69 Å². The zero-order chi connectivity index (χ0) is 18.1. The summed E-state index contributed by atoms with van der Waals surface area (Å²) in [4.78, 5) is 46.8. The molecule has 1 amide bonds. The van der Waals surface area contributed by atoms with E-state index in [0.29, 0.717) is 5.56 Å². The lowest BCUT2D eigenvalue weighted by atomic mass is 10.1. The molecule has 0 aromatic heterocycles. The Hall–Kier alpha value is -2.88. The molecule has 25 heavy (non-hydrogen) atoms. The largest absolute Gasteiger partial charge is 0.498 e. The number of fused-ring (bicyclic) bond motifs is 1. The molecule has 1 aromatic carbocycles. The third kappa shape index (κ3) is 2.95. The van der Waals surface area contributed by atoms with E-state index < -0.39 is 28.0 Å². The van der Waals surface area contributed by atoms with Crippen molar-refractivity contribution in [2.45, 2.75) is 12.0 Å². The number of Topliss-reactive ketones (excluding diaryl/α,β-unsaturated/α-hetero) is 1. The van der Waals surface area contributed by atoms with Crippen molar-refractivity contribution in [2.75, 3.05) is 12.9 Å². The molecule has 0 radical (unpaired) electrons. The maximum atomic E-state index is 12.4. The second-order valence-electron chi connectivity index (χ2n) is 5.18. The van der Waals surface area contributed by atoms with Crippen molar-refractivity contribution in [3.63, 3.8) is 0 Å². The van der Waals surface area contributed by atoms with Crippen molar-refractivity contribution < 1.29 is 28.8 Å². The molecule has 0 spiro atoms. The average Bonchev–Trinajstić information content (AvgIpc) is 2.64. The molecule has 2 heterocycles. The lowest BCUT2D eigenvalue weighted by molar-refractivity contribution is -0.384. The van der Waals surface area contributed by atoms with Crippen LogP contribution in [0.15, 0.2) is 35.7 Å². The van der Waals surface area contributed by atoms with Gasteiger partial charge < -0.3 is 9.47 Å². The van der Waals surface area contributed by atoms with Crippen LogP contribution in [0.2, 0.25) is 0 Å². The van der Waals surface area contributed by atoms with E-state index in [1.54, 1.807) is 0 Å². The number of β-lactam (4-membered cyclic amide) rings is 1. The first-order valence-electron chi connectivity index (χ1n) is 7.10. The minimum atomic E-state index is -0.790. The first kappa shape index (κ1) is 17.0. The van der Waals surface area contributed by atoms with Crippen LogP contribution in [0, 0.1) is 10.1 Å². The Kier molecular flexibility index (Phi) is 4.45. The highest BCUT2D eigenvalue weighted by molar-refractivity contribution is 8.01. The quantitative estimate of drug-likeness (QED) is 0.250. The van der Waals surface area contributed by atoms with Gasteiger partial charge in [-0.2, -0.15) is 0 Å². The fraction of sp³-hybridized carbons (Fsp3) is 0.267. The van der Waals surface area contributed by atoms with Gasteiger partial charge in [0.25, 0.3) is 17.4 Å². The third-order valence-corrected chi connectivity index (χ3v) is 4.89. The van der Waals surface area contributed by atoms with Crippen molar-refractivity contribution in [2.24, 2.45) is 0 Å². The van der Waals surface area contributed by atoms with E-state index in [2.05, 4.69) is 0 Å². The number of rotatable bonds is 5. The maximum absolute atomic E-state index is 12.4. The summed E-state index contributed by atoms with van der Waals surface area (Å²) in [6, 6.07) is 5.53. The molecule has 0 bridgehead atoms. The molecule has 1 unspecified atom stereocenters. The summed E-state index contributed by atoms with van der Waals surface area (Å²) in [5.74, 6) is -1.58. The molecule has 2 aliphatic rings. The number of esters is 1. The Morgan fingerprint density at radius 1 is 1.36 bits per heavy atom. The van der Waals surface area contributed by atoms with E-state index in [1.165, 1.54) is 43.1 Å². The second-order valence-corrected chi connectivity index (χ2v) is 6.25. The average molecular weight is 364 g/mol. The Bertz CT molecular complexity index is 803. The van der Waals surface area contributed by atoms with Crippen LogP contribution < -0.4 is 0 Å². The standard InChI is InChI=1S/C15H12N2O7S/c1-23-10-7-25-14-12(18)13(19)16(14)11(10)15(20)24-6-8-2-4-9(5-3-8)17(21)22/h2-5,14H,6-7H2,1H3. The van der Waals surface area contributed by atoms with Gasteiger partial charge in [-0.25, -0.2) is 4.79 Å². The molecule has 3 rings (SSSR count). The van der Waals surface area contributed by atoms with E-state index >= 15 is 0 Å². The van der Waals surface area contributed by atoms with E-state index in [4.69, 9.17) is 9.47 Å². The minimum absolute atomic E-state index is 0.0715. The molecule has 1 fully saturated rings. The van der Waals surface area contributed by atoms with Gasteiger partial charge >= 0.3 is 5.97 Å². The molecule has 1 saturated heterocycles. The Morgan fingerprint density at radius 3 is 2.64 bits per heavy atom. The smallest absolute Gasteiger partial charge is 0.359 e. The Labute approximate surface area is 145 Å². The molecule has 2 aliphatic heterocycles. The summed E-state index contributed by atoms with van der Waals surface area (Å²) >= 11 is 1.20. The van der Waals surface area contributed by atoms with Gasteiger partial charge in [0.1, 0.15) is 12.4 Å². The zero-order valence-corrected chi connectivity index (χ0v) is 13.8. The first-order chi connectivity index (χ1) is 11.9. The van der Waals surface area contributed by atoms with Gasteiger partial charge in [0.05, 0.1) is 17.8 Å².